The predicted octanol–water partition coefficient (Wildman–Crippen LogP) is 2.69. The van der Waals surface area contributed by atoms with Crippen molar-refractivity contribution in [3.63, 3.8) is 0 Å². The van der Waals surface area contributed by atoms with Crippen LogP contribution in [0.4, 0.5) is 5.69 Å². The number of hydrogen-bond acceptors (Lipinski definition) is 3. The van der Waals surface area contributed by atoms with Gasteiger partial charge in [0.25, 0.3) is 0 Å². The fraction of sp³-hybridized carbons (Fsp3) is 0.167. The Kier molecular flexibility index (Phi) is 2.27. The second-order valence-electron chi connectivity index (χ2n) is 4.06. The highest BCUT2D eigenvalue weighted by molar-refractivity contribution is 7.92. The molecule has 0 N–H and O–H groups in total. The summed E-state index contributed by atoms with van der Waals surface area (Å²) in [7, 11) is -3.21. The van der Waals surface area contributed by atoms with Crippen molar-refractivity contribution >= 4 is 27.0 Å². The van der Waals surface area contributed by atoms with Gasteiger partial charge in [0.05, 0.1) is 23.4 Å². The third kappa shape index (κ3) is 1.66. The highest BCUT2D eigenvalue weighted by Gasteiger charge is 2.28. The third-order valence-electron chi connectivity index (χ3n) is 2.89. The zero-order valence-corrected chi connectivity index (χ0v) is 10.9. The number of rotatable bonds is 1. The van der Waals surface area contributed by atoms with Gasteiger partial charge in [-0.3, -0.25) is 4.31 Å². The van der Waals surface area contributed by atoms with Crippen molar-refractivity contribution in [3.8, 4) is 10.4 Å². The van der Waals surface area contributed by atoms with E-state index in [1.807, 2.05) is 35.7 Å². The molecule has 0 saturated heterocycles. The van der Waals surface area contributed by atoms with Gasteiger partial charge in [-0.1, -0.05) is 24.3 Å². The lowest BCUT2D eigenvalue weighted by Gasteiger charge is -2.28. The van der Waals surface area contributed by atoms with Crippen LogP contribution < -0.4 is 4.31 Å². The smallest absolute Gasteiger partial charge is 0.232 e. The summed E-state index contributed by atoms with van der Waals surface area (Å²) in [6.07, 6.45) is 1.25. The molecule has 0 unspecified atom stereocenters. The van der Waals surface area contributed by atoms with E-state index < -0.39 is 10.0 Å². The molecule has 0 fully saturated rings. The average Bonchev–Trinajstić information content (AvgIpc) is 2.75. The molecule has 1 aromatic heterocycles. The third-order valence-corrected chi connectivity index (χ3v) is 4.95. The van der Waals surface area contributed by atoms with Gasteiger partial charge in [-0.15, -0.1) is 11.3 Å². The summed E-state index contributed by atoms with van der Waals surface area (Å²) in [5.41, 5.74) is 3.02. The van der Waals surface area contributed by atoms with E-state index in [0.717, 1.165) is 21.7 Å². The number of hydrogen-bond donors (Lipinski definition) is 0. The minimum atomic E-state index is -3.21. The molecular formula is C12H11NO2S2. The van der Waals surface area contributed by atoms with E-state index in [9.17, 15) is 8.42 Å². The van der Waals surface area contributed by atoms with Crippen LogP contribution in [-0.2, 0) is 16.6 Å². The minimum absolute atomic E-state index is 0.429. The Labute approximate surface area is 104 Å². The van der Waals surface area contributed by atoms with Crippen molar-refractivity contribution < 1.29 is 8.42 Å². The van der Waals surface area contributed by atoms with Gasteiger partial charge in [-0.2, -0.15) is 0 Å². The summed E-state index contributed by atoms with van der Waals surface area (Å²) < 4.78 is 25.0. The molecule has 3 nitrogen and oxygen atoms in total. The summed E-state index contributed by atoms with van der Waals surface area (Å²) in [5, 5.41) is 1.94. The topological polar surface area (TPSA) is 37.4 Å². The molecule has 1 aliphatic heterocycles. The van der Waals surface area contributed by atoms with Gasteiger partial charge in [0, 0.05) is 0 Å². The zero-order chi connectivity index (χ0) is 12.0. The van der Waals surface area contributed by atoms with Crippen molar-refractivity contribution in [2.24, 2.45) is 0 Å². The second-order valence-corrected chi connectivity index (χ2v) is 6.88. The van der Waals surface area contributed by atoms with Crippen molar-refractivity contribution in [1.29, 1.82) is 0 Å². The number of thiophene rings is 1. The van der Waals surface area contributed by atoms with Crippen LogP contribution in [0, 0.1) is 0 Å². The SMILES string of the molecule is CS(=O)(=O)N1Cc2ccccc2-c2sccc21. The maximum Gasteiger partial charge on any atom is 0.232 e. The number of anilines is 1. The van der Waals surface area contributed by atoms with E-state index in [1.165, 1.54) is 10.6 Å². The summed E-state index contributed by atoms with van der Waals surface area (Å²) in [6, 6.07) is 9.83. The van der Waals surface area contributed by atoms with Crippen LogP contribution in [-0.4, -0.2) is 14.7 Å². The lowest BCUT2D eigenvalue weighted by atomic mass is 10.0. The van der Waals surface area contributed by atoms with E-state index in [0.29, 0.717) is 6.54 Å². The second kappa shape index (κ2) is 3.58. The van der Waals surface area contributed by atoms with Crippen LogP contribution in [0.15, 0.2) is 35.7 Å². The maximum absolute atomic E-state index is 11.8. The number of sulfonamides is 1. The van der Waals surface area contributed by atoms with Crippen LogP contribution >= 0.6 is 11.3 Å². The average molecular weight is 265 g/mol. The molecule has 0 amide bonds. The number of fused-ring (bicyclic) bond motifs is 3. The first-order chi connectivity index (χ1) is 8.07. The maximum atomic E-state index is 11.8. The van der Waals surface area contributed by atoms with E-state index in [2.05, 4.69) is 0 Å². The van der Waals surface area contributed by atoms with E-state index in [-0.39, 0.29) is 0 Å². The summed E-state index contributed by atoms with van der Waals surface area (Å²) in [5.74, 6) is 0. The first-order valence-electron chi connectivity index (χ1n) is 5.21. The minimum Gasteiger partial charge on any atom is -0.265 e. The Balaban J connectivity index is 2.27. The molecule has 2 aromatic rings. The molecule has 0 saturated carbocycles. The van der Waals surface area contributed by atoms with Crippen LogP contribution in [0.1, 0.15) is 5.56 Å². The largest absolute Gasteiger partial charge is 0.265 e. The van der Waals surface area contributed by atoms with Crippen LogP contribution in [0.25, 0.3) is 10.4 Å². The summed E-state index contributed by atoms with van der Waals surface area (Å²) >= 11 is 1.58. The van der Waals surface area contributed by atoms with Crippen molar-refractivity contribution in [1.82, 2.24) is 0 Å². The van der Waals surface area contributed by atoms with Gasteiger partial charge in [0.15, 0.2) is 0 Å². The number of nitrogens with zero attached hydrogens (tertiary/aromatic N) is 1. The summed E-state index contributed by atoms with van der Waals surface area (Å²) in [6.45, 7) is 0.429. The molecular weight excluding hydrogens is 254 g/mol. The predicted molar refractivity (Wildman–Crippen MR) is 70.8 cm³/mol. The van der Waals surface area contributed by atoms with Gasteiger partial charge in [0.1, 0.15) is 0 Å². The Morgan fingerprint density at radius 1 is 1.24 bits per heavy atom. The Hall–Kier alpha value is -1.33. The van der Waals surface area contributed by atoms with E-state index >= 15 is 0 Å². The fourth-order valence-electron chi connectivity index (χ4n) is 2.12. The standard InChI is InChI=1S/C12H11NO2S2/c1-17(14,15)13-8-9-4-2-3-5-10(9)12-11(13)6-7-16-12/h2-7H,8H2,1H3. The monoisotopic (exact) mass is 265 g/mol. The Bertz CT molecular complexity index is 673. The van der Waals surface area contributed by atoms with Gasteiger partial charge in [-0.05, 0) is 22.6 Å². The first-order valence-corrected chi connectivity index (χ1v) is 7.93. The van der Waals surface area contributed by atoms with Gasteiger partial charge < -0.3 is 0 Å². The van der Waals surface area contributed by atoms with E-state index in [1.54, 1.807) is 11.3 Å². The molecule has 0 spiro atoms. The molecule has 5 heteroatoms. The van der Waals surface area contributed by atoms with E-state index in [4.69, 9.17) is 0 Å². The molecule has 0 aliphatic carbocycles. The molecule has 1 aliphatic rings. The molecule has 2 heterocycles. The lowest BCUT2D eigenvalue weighted by Crippen LogP contribution is -2.31. The zero-order valence-electron chi connectivity index (χ0n) is 9.25. The normalized spacial score (nSPS) is 14.3. The molecule has 0 atom stereocenters. The van der Waals surface area contributed by atoms with Gasteiger partial charge in [-0.25, -0.2) is 8.42 Å². The molecule has 3 rings (SSSR count). The molecule has 88 valence electrons. The molecule has 0 radical (unpaired) electrons. The fourth-order valence-corrected chi connectivity index (χ4v) is 4.01. The highest BCUT2D eigenvalue weighted by Crippen LogP contribution is 2.43. The van der Waals surface area contributed by atoms with Crippen molar-refractivity contribution in [2.45, 2.75) is 6.54 Å². The lowest BCUT2D eigenvalue weighted by molar-refractivity contribution is 0.596. The van der Waals surface area contributed by atoms with Crippen LogP contribution in [0.2, 0.25) is 0 Å². The van der Waals surface area contributed by atoms with Gasteiger partial charge in [0.2, 0.25) is 10.0 Å². The quantitative estimate of drug-likeness (QED) is 0.795. The Morgan fingerprint density at radius 3 is 2.76 bits per heavy atom. The molecule has 17 heavy (non-hydrogen) atoms. The van der Waals surface area contributed by atoms with Crippen LogP contribution in [0.3, 0.4) is 0 Å². The van der Waals surface area contributed by atoms with Crippen molar-refractivity contribution in [2.75, 3.05) is 10.6 Å². The highest BCUT2D eigenvalue weighted by atomic mass is 32.2. The molecule has 0 bridgehead atoms. The van der Waals surface area contributed by atoms with Gasteiger partial charge >= 0.3 is 0 Å². The molecule has 1 aromatic carbocycles. The number of benzene rings is 1. The van der Waals surface area contributed by atoms with Crippen molar-refractivity contribution in [3.05, 3.63) is 41.3 Å². The van der Waals surface area contributed by atoms with Crippen LogP contribution in [0.5, 0.6) is 0 Å². The Morgan fingerprint density at radius 2 is 2.00 bits per heavy atom. The summed E-state index contributed by atoms with van der Waals surface area (Å²) in [4.78, 5) is 1.04. The first kappa shape index (κ1) is 10.8.